The fourth-order valence-electron chi connectivity index (χ4n) is 3.27. The summed E-state index contributed by atoms with van der Waals surface area (Å²) in [5, 5.41) is 25.3. The van der Waals surface area contributed by atoms with E-state index in [1.165, 1.54) is 47.7 Å². The normalized spacial score (nSPS) is 10.6. The highest BCUT2D eigenvalue weighted by molar-refractivity contribution is 8.93. The van der Waals surface area contributed by atoms with E-state index in [0.29, 0.717) is 16.4 Å². The van der Waals surface area contributed by atoms with Gasteiger partial charge in [-0.05, 0) is 43.3 Å². The number of anilines is 2. The second kappa shape index (κ2) is 13.4. The number of nitro benzene ring substituents is 2. The Labute approximate surface area is 252 Å². The van der Waals surface area contributed by atoms with Gasteiger partial charge in [0.2, 0.25) is 0 Å². The van der Waals surface area contributed by atoms with Gasteiger partial charge in [-0.1, -0.05) is 17.7 Å². The summed E-state index contributed by atoms with van der Waals surface area (Å²) in [5.74, 6) is 0. The molecule has 0 aliphatic heterocycles. The number of rotatable bonds is 7. The first-order valence-electron chi connectivity index (χ1n) is 11.3. The van der Waals surface area contributed by atoms with Gasteiger partial charge in [0.15, 0.2) is 10.3 Å². The van der Waals surface area contributed by atoms with E-state index in [-0.39, 0.29) is 38.4 Å². The molecular weight excluding hydrogens is 656 g/mol. The Hall–Kier alpha value is -4.25. The van der Waals surface area contributed by atoms with Gasteiger partial charge in [0, 0.05) is 46.2 Å². The van der Waals surface area contributed by atoms with E-state index in [2.05, 4.69) is 14.7 Å². The lowest BCUT2D eigenvalue weighted by Gasteiger charge is -2.05. The molecule has 212 valence electrons. The van der Waals surface area contributed by atoms with Crippen molar-refractivity contribution in [2.75, 3.05) is 10.5 Å². The first-order chi connectivity index (χ1) is 19.0. The van der Waals surface area contributed by atoms with E-state index in [1.807, 2.05) is 12.3 Å². The maximum absolute atomic E-state index is 12.4. The smallest absolute Gasteiger partial charge is 0.269 e. The molecule has 0 radical (unpaired) electrons. The molecule has 3 aromatic carbocycles. The largest absolute Gasteiger partial charge is 0.375 e. The Morgan fingerprint density at radius 2 is 1.22 bits per heavy atom. The molecule has 5 aromatic rings. The van der Waals surface area contributed by atoms with Gasteiger partial charge in [-0.2, -0.15) is 0 Å². The number of nitrogen functional groups attached to an aromatic ring is 1. The molecule has 0 atom stereocenters. The first kappa shape index (κ1) is 31.3. The molecule has 16 heteroatoms. The zero-order valence-electron chi connectivity index (χ0n) is 21.0. The topological polar surface area (TPSA) is 184 Å². The summed E-state index contributed by atoms with van der Waals surface area (Å²) in [6, 6.07) is 18.6. The van der Waals surface area contributed by atoms with Crippen LogP contribution in [-0.2, 0) is 10.0 Å². The van der Waals surface area contributed by atoms with Crippen LogP contribution in [0.1, 0.15) is 5.56 Å². The number of sulfonamides is 1. The summed E-state index contributed by atoms with van der Waals surface area (Å²) < 4.78 is 27.2. The van der Waals surface area contributed by atoms with Gasteiger partial charge in [-0.3, -0.25) is 25.0 Å². The lowest BCUT2D eigenvalue weighted by molar-refractivity contribution is -0.385. The highest BCUT2D eigenvalue weighted by atomic mass is 79.9. The van der Waals surface area contributed by atoms with Crippen LogP contribution in [0.3, 0.4) is 0 Å². The van der Waals surface area contributed by atoms with Gasteiger partial charge in [-0.15, -0.1) is 39.7 Å². The summed E-state index contributed by atoms with van der Waals surface area (Å²) in [6.45, 7) is 1.88. The number of nitrogens with zero attached hydrogens (tertiary/aromatic N) is 4. The maximum atomic E-state index is 12.4. The molecule has 0 amide bonds. The van der Waals surface area contributed by atoms with Crippen LogP contribution >= 0.6 is 39.7 Å². The second-order valence-corrected chi connectivity index (χ2v) is 11.6. The summed E-state index contributed by atoms with van der Waals surface area (Å²) >= 11 is 2.49. The molecule has 0 saturated carbocycles. The summed E-state index contributed by atoms with van der Waals surface area (Å²) in [4.78, 5) is 28.7. The van der Waals surface area contributed by atoms with Gasteiger partial charge in [0.25, 0.3) is 21.4 Å². The molecule has 0 fully saturated rings. The number of hydrogen-bond acceptors (Lipinski definition) is 11. The minimum absolute atomic E-state index is 0. The molecule has 3 N–H and O–H groups in total. The predicted octanol–water partition coefficient (Wildman–Crippen LogP) is 6.71. The molecule has 0 aliphatic carbocycles. The number of non-ortho nitro benzene ring substituents is 2. The van der Waals surface area contributed by atoms with Crippen LogP contribution in [0.25, 0.3) is 22.5 Å². The van der Waals surface area contributed by atoms with E-state index in [0.717, 1.165) is 28.2 Å². The van der Waals surface area contributed by atoms with Gasteiger partial charge >= 0.3 is 0 Å². The highest BCUT2D eigenvalue weighted by Gasteiger charge is 2.16. The molecule has 0 spiro atoms. The van der Waals surface area contributed by atoms with Crippen molar-refractivity contribution in [3.63, 3.8) is 0 Å². The van der Waals surface area contributed by atoms with Crippen LogP contribution in [0.2, 0.25) is 0 Å². The van der Waals surface area contributed by atoms with Crippen molar-refractivity contribution in [2.24, 2.45) is 0 Å². The van der Waals surface area contributed by atoms with Crippen molar-refractivity contribution >= 4 is 71.3 Å². The number of halogens is 1. The average molecular weight is 678 g/mol. The number of aryl methyl sites for hydroxylation is 1. The third-order valence-electron chi connectivity index (χ3n) is 5.33. The monoisotopic (exact) mass is 676 g/mol. The van der Waals surface area contributed by atoms with E-state index in [1.54, 1.807) is 41.8 Å². The lowest BCUT2D eigenvalue weighted by Crippen LogP contribution is -2.12. The number of hydrogen-bond donors (Lipinski definition) is 2. The third-order valence-corrected chi connectivity index (χ3v) is 8.24. The number of nitrogens with one attached hydrogen (secondary N) is 1. The van der Waals surface area contributed by atoms with Crippen molar-refractivity contribution < 1.29 is 18.3 Å². The van der Waals surface area contributed by atoms with Crippen molar-refractivity contribution in [3.8, 4) is 22.5 Å². The zero-order valence-corrected chi connectivity index (χ0v) is 25.2. The van der Waals surface area contributed by atoms with Crippen molar-refractivity contribution in [3.05, 3.63) is 109 Å². The minimum Gasteiger partial charge on any atom is -0.375 e. The van der Waals surface area contributed by atoms with Gasteiger partial charge < -0.3 is 5.73 Å². The van der Waals surface area contributed by atoms with Crippen LogP contribution in [0.4, 0.5) is 21.6 Å². The van der Waals surface area contributed by atoms with E-state index < -0.39 is 19.9 Å². The summed E-state index contributed by atoms with van der Waals surface area (Å²) in [7, 11) is -3.71. The fraction of sp³-hybridized carbons (Fsp3) is 0.0400. The first-order valence-corrected chi connectivity index (χ1v) is 14.5. The van der Waals surface area contributed by atoms with Crippen LogP contribution in [-0.4, -0.2) is 28.2 Å². The van der Waals surface area contributed by atoms with Crippen LogP contribution < -0.4 is 10.5 Å². The highest BCUT2D eigenvalue weighted by Crippen LogP contribution is 2.28. The predicted molar refractivity (Wildman–Crippen MR) is 165 cm³/mol. The second-order valence-electron chi connectivity index (χ2n) is 8.14. The third kappa shape index (κ3) is 8.14. The SMILES string of the molecule is Br.Cc1ccc(S(=O)(=O)Nc2nc(-c3ccc([N+](=O)[O-])cc3)cs2)cc1.Nc1nc(-c2ccc([N+](=O)[O-])cc2)cs1. The van der Waals surface area contributed by atoms with Gasteiger partial charge in [0.05, 0.1) is 26.1 Å². The number of thiazole rings is 2. The molecule has 0 aliphatic rings. The Balaban J connectivity index is 0.000000248. The Morgan fingerprint density at radius 3 is 1.66 bits per heavy atom. The van der Waals surface area contributed by atoms with Gasteiger partial charge in [-0.25, -0.2) is 18.4 Å². The molecule has 0 bridgehead atoms. The van der Waals surface area contributed by atoms with Crippen molar-refractivity contribution in [1.82, 2.24) is 9.97 Å². The molecule has 2 aromatic heterocycles. The van der Waals surface area contributed by atoms with Crippen molar-refractivity contribution in [1.29, 1.82) is 0 Å². The standard InChI is InChI=1S/C16H13N3O4S2.C9H7N3O2S.BrH/c1-11-2-8-14(9-3-11)25(22,23)18-16-17-15(10-24-16)12-4-6-13(7-5-12)19(20)21;10-9-11-8(5-15-9)6-1-3-7(4-2-6)12(13)14;/h2-10H,1H3,(H,17,18);1-5H,(H2,10,11);1H. The summed E-state index contributed by atoms with van der Waals surface area (Å²) in [5.41, 5.74) is 9.30. The number of benzene rings is 3. The number of aromatic nitrogens is 2. The quantitative estimate of drug-likeness (QED) is 0.140. The maximum Gasteiger partial charge on any atom is 0.269 e. The van der Waals surface area contributed by atoms with Gasteiger partial charge in [0.1, 0.15) is 0 Å². The Kier molecular flexibility index (Phi) is 10.2. The van der Waals surface area contributed by atoms with E-state index in [9.17, 15) is 28.6 Å². The van der Waals surface area contributed by atoms with Crippen LogP contribution in [0.5, 0.6) is 0 Å². The molecule has 2 heterocycles. The van der Waals surface area contributed by atoms with E-state index in [4.69, 9.17) is 5.73 Å². The molecule has 0 saturated heterocycles. The molecule has 5 rings (SSSR count). The van der Waals surface area contributed by atoms with Crippen molar-refractivity contribution in [2.45, 2.75) is 11.8 Å². The Bertz CT molecular complexity index is 1760. The lowest BCUT2D eigenvalue weighted by atomic mass is 10.1. The number of nitrogens with two attached hydrogens (primary N) is 1. The minimum atomic E-state index is -3.71. The van der Waals surface area contributed by atoms with Crippen LogP contribution in [0, 0.1) is 27.2 Å². The summed E-state index contributed by atoms with van der Waals surface area (Å²) in [6.07, 6.45) is 0. The molecule has 0 unspecified atom stereocenters. The van der Waals surface area contributed by atoms with Crippen LogP contribution in [0.15, 0.2) is 88.5 Å². The molecule has 41 heavy (non-hydrogen) atoms. The zero-order chi connectivity index (χ0) is 28.9. The number of nitro groups is 2. The molecule has 12 nitrogen and oxygen atoms in total. The fourth-order valence-corrected chi connectivity index (χ4v) is 5.82. The van der Waals surface area contributed by atoms with E-state index >= 15 is 0 Å². The average Bonchev–Trinajstić information content (AvgIpc) is 3.58. The Morgan fingerprint density at radius 1 is 0.756 bits per heavy atom. The molecular formula is C25H21BrN6O6S3.